The van der Waals surface area contributed by atoms with Crippen LogP contribution in [0.3, 0.4) is 0 Å². The standard InChI is InChI=1S/C27H19F3N2O3S/c1-36(33,34)25-15-19(18-7-3-2-4-8-18)11-12-24(25)32-16-23(20-13-14-35-17-20)31-26(32)21-9-5-6-10-22(21)27(28,29)30/h2-17H,1H3. The largest absolute Gasteiger partial charge is 0.472 e. The number of hydrogen-bond acceptors (Lipinski definition) is 4. The lowest BCUT2D eigenvalue weighted by Gasteiger charge is -2.16. The molecule has 2 heterocycles. The molecular weight excluding hydrogens is 489 g/mol. The van der Waals surface area contributed by atoms with Gasteiger partial charge in [0.2, 0.25) is 0 Å². The molecule has 0 N–H and O–H groups in total. The van der Waals surface area contributed by atoms with E-state index < -0.39 is 21.6 Å². The number of aromatic nitrogens is 2. The molecule has 0 aliphatic heterocycles. The minimum atomic E-state index is -4.64. The molecule has 0 spiro atoms. The summed E-state index contributed by atoms with van der Waals surface area (Å²) < 4.78 is 74.0. The Morgan fingerprint density at radius 1 is 0.861 bits per heavy atom. The number of furan rings is 1. The predicted molar refractivity (Wildman–Crippen MR) is 130 cm³/mol. The maximum atomic E-state index is 13.9. The summed E-state index contributed by atoms with van der Waals surface area (Å²) in [7, 11) is -3.78. The fourth-order valence-corrected chi connectivity index (χ4v) is 4.94. The summed E-state index contributed by atoms with van der Waals surface area (Å²) in [5, 5.41) is 0. The zero-order valence-corrected chi connectivity index (χ0v) is 19.7. The minimum Gasteiger partial charge on any atom is -0.472 e. The molecule has 36 heavy (non-hydrogen) atoms. The highest BCUT2D eigenvalue weighted by Gasteiger charge is 2.35. The number of hydrogen-bond donors (Lipinski definition) is 0. The van der Waals surface area contributed by atoms with E-state index in [-0.39, 0.29) is 22.0 Å². The van der Waals surface area contributed by atoms with Crippen molar-refractivity contribution in [3.05, 3.63) is 103 Å². The average molecular weight is 509 g/mol. The van der Waals surface area contributed by atoms with Gasteiger partial charge in [0, 0.05) is 23.6 Å². The molecule has 3 aromatic carbocycles. The van der Waals surface area contributed by atoms with Crippen molar-refractivity contribution in [1.82, 2.24) is 9.55 Å². The first-order valence-corrected chi connectivity index (χ1v) is 12.7. The number of rotatable bonds is 5. The molecule has 0 bridgehead atoms. The van der Waals surface area contributed by atoms with Crippen LogP contribution in [0.15, 0.2) is 107 Å². The molecule has 0 fully saturated rings. The summed E-state index contributed by atoms with van der Waals surface area (Å²) in [6, 6.07) is 20.8. The highest BCUT2D eigenvalue weighted by atomic mass is 32.2. The first-order chi connectivity index (χ1) is 17.1. The first-order valence-electron chi connectivity index (χ1n) is 10.8. The molecule has 5 rings (SSSR count). The number of halogens is 3. The summed E-state index contributed by atoms with van der Waals surface area (Å²) >= 11 is 0. The lowest BCUT2D eigenvalue weighted by Crippen LogP contribution is -2.10. The third-order valence-electron chi connectivity index (χ3n) is 5.72. The van der Waals surface area contributed by atoms with Crippen LogP contribution in [0, 0.1) is 0 Å². The summed E-state index contributed by atoms with van der Waals surface area (Å²) in [5.74, 6) is -0.0449. The molecule has 0 saturated heterocycles. The fourth-order valence-electron chi connectivity index (χ4n) is 4.05. The Hall–Kier alpha value is -4.11. The summed E-state index contributed by atoms with van der Waals surface area (Å²) in [6.45, 7) is 0. The molecular formula is C27H19F3N2O3S. The van der Waals surface area contributed by atoms with E-state index in [2.05, 4.69) is 4.98 Å². The van der Waals surface area contributed by atoms with Crippen LogP contribution in [0.2, 0.25) is 0 Å². The van der Waals surface area contributed by atoms with Gasteiger partial charge in [-0.3, -0.25) is 4.57 Å². The van der Waals surface area contributed by atoms with E-state index in [1.807, 2.05) is 30.3 Å². The predicted octanol–water partition coefficient (Wildman–Crippen LogP) is 6.89. The Labute approximate surface area is 205 Å². The molecule has 5 aromatic rings. The monoisotopic (exact) mass is 508 g/mol. The minimum absolute atomic E-state index is 0.0364. The highest BCUT2D eigenvalue weighted by molar-refractivity contribution is 7.90. The van der Waals surface area contributed by atoms with Crippen LogP contribution >= 0.6 is 0 Å². The van der Waals surface area contributed by atoms with Crippen LogP contribution in [0.1, 0.15) is 5.56 Å². The number of sulfone groups is 1. The van der Waals surface area contributed by atoms with Gasteiger partial charge in [-0.1, -0.05) is 54.6 Å². The van der Waals surface area contributed by atoms with Crippen molar-refractivity contribution >= 4 is 9.84 Å². The molecule has 0 amide bonds. The van der Waals surface area contributed by atoms with Gasteiger partial charge in [0.1, 0.15) is 5.82 Å². The van der Waals surface area contributed by atoms with Gasteiger partial charge in [-0.2, -0.15) is 13.2 Å². The van der Waals surface area contributed by atoms with Crippen molar-refractivity contribution in [1.29, 1.82) is 0 Å². The smallest absolute Gasteiger partial charge is 0.417 e. The van der Waals surface area contributed by atoms with Crippen molar-refractivity contribution in [2.24, 2.45) is 0 Å². The Morgan fingerprint density at radius 3 is 2.25 bits per heavy atom. The van der Waals surface area contributed by atoms with Gasteiger partial charge < -0.3 is 4.42 Å². The molecule has 9 heteroatoms. The van der Waals surface area contributed by atoms with E-state index in [1.54, 1.807) is 18.2 Å². The van der Waals surface area contributed by atoms with Gasteiger partial charge in [-0.15, -0.1) is 0 Å². The second-order valence-corrected chi connectivity index (χ2v) is 10.2. The lowest BCUT2D eigenvalue weighted by molar-refractivity contribution is -0.137. The molecule has 0 saturated carbocycles. The highest BCUT2D eigenvalue weighted by Crippen LogP contribution is 2.39. The van der Waals surface area contributed by atoms with Crippen LogP contribution in [0.25, 0.3) is 39.5 Å². The Balaban J connectivity index is 1.80. The van der Waals surface area contributed by atoms with Gasteiger partial charge >= 0.3 is 6.18 Å². The third-order valence-corrected chi connectivity index (χ3v) is 6.85. The van der Waals surface area contributed by atoms with E-state index in [0.717, 1.165) is 17.9 Å². The molecule has 5 nitrogen and oxygen atoms in total. The van der Waals surface area contributed by atoms with Gasteiger partial charge in [-0.25, -0.2) is 13.4 Å². The molecule has 182 valence electrons. The second-order valence-electron chi connectivity index (χ2n) is 8.20. The molecule has 0 radical (unpaired) electrons. The van der Waals surface area contributed by atoms with Crippen LogP contribution in [0.4, 0.5) is 13.2 Å². The fraction of sp³-hybridized carbons (Fsp3) is 0.0741. The normalized spacial score (nSPS) is 12.1. The van der Waals surface area contributed by atoms with Crippen molar-refractivity contribution < 1.29 is 26.0 Å². The quantitative estimate of drug-likeness (QED) is 0.259. The van der Waals surface area contributed by atoms with E-state index in [1.165, 1.54) is 47.6 Å². The van der Waals surface area contributed by atoms with Crippen LogP contribution in [-0.2, 0) is 16.0 Å². The van der Waals surface area contributed by atoms with Gasteiger partial charge in [0.05, 0.1) is 34.4 Å². The lowest BCUT2D eigenvalue weighted by atomic mass is 10.0. The summed E-state index contributed by atoms with van der Waals surface area (Å²) in [6.07, 6.45) is 0.785. The zero-order valence-electron chi connectivity index (χ0n) is 18.9. The molecule has 0 unspecified atom stereocenters. The Morgan fingerprint density at radius 2 is 1.58 bits per heavy atom. The van der Waals surface area contributed by atoms with Crippen LogP contribution in [-0.4, -0.2) is 24.2 Å². The van der Waals surface area contributed by atoms with E-state index >= 15 is 0 Å². The maximum Gasteiger partial charge on any atom is 0.417 e. The molecule has 2 aromatic heterocycles. The summed E-state index contributed by atoms with van der Waals surface area (Å²) in [5.41, 5.74) is 1.48. The number of benzene rings is 3. The van der Waals surface area contributed by atoms with Crippen molar-refractivity contribution in [3.63, 3.8) is 0 Å². The third kappa shape index (κ3) is 4.45. The average Bonchev–Trinajstić information content (AvgIpc) is 3.53. The van der Waals surface area contributed by atoms with Crippen molar-refractivity contribution in [2.75, 3.05) is 6.26 Å². The zero-order chi connectivity index (χ0) is 25.5. The Kier molecular flexibility index (Phi) is 5.80. The first kappa shape index (κ1) is 23.6. The summed E-state index contributed by atoms with van der Waals surface area (Å²) in [4.78, 5) is 4.45. The van der Waals surface area contributed by atoms with Crippen LogP contribution in [0.5, 0.6) is 0 Å². The number of alkyl halides is 3. The molecule has 0 atom stereocenters. The number of imidazole rings is 1. The Bertz CT molecular complexity index is 1640. The van der Waals surface area contributed by atoms with Crippen LogP contribution < -0.4 is 0 Å². The second kappa shape index (κ2) is 8.83. The number of nitrogens with zero attached hydrogens (tertiary/aromatic N) is 2. The SMILES string of the molecule is CS(=O)(=O)c1cc(-c2ccccc2)ccc1-n1cc(-c2ccoc2)nc1-c1ccccc1C(F)(F)F. The van der Waals surface area contributed by atoms with E-state index in [4.69, 9.17) is 4.42 Å². The topological polar surface area (TPSA) is 65.1 Å². The van der Waals surface area contributed by atoms with E-state index in [0.29, 0.717) is 16.8 Å². The molecule has 0 aliphatic rings. The van der Waals surface area contributed by atoms with Gasteiger partial charge in [0.15, 0.2) is 9.84 Å². The van der Waals surface area contributed by atoms with Gasteiger partial charge in [0.25, 0.3) is 0 Å². The van der Waals surface area contributed by atoms with Gasteiger partial charge in [-0.05, 0) is 35.4 Å². The maximum absolute atomic E-state index is 13.9. The van der Waals surface area contributed by atoms with Crippen molar-refractivity contribution in [2.45, 2.75) is 11.1 Å². The van der Waals surface area contributed by atoms with Crippen molar-refractivity contribution in [3.8, 4) is 39.5 Å². The van der Waals surface area contributed by atoms with E-state index in [9.17, 15) is 21.6 Å². The molecule has 0 aliphatic carbocycles.